The molecule has 6 heteroatoms. The van der Waals surface area contributed by atoms with Crippen LogP contribution in [0.1, 0.15) is 49.0 Å². The van der Waals surface area contributed by atoms with E-state index < -0.39 is 0 Å². The number of fused-ring (bicyclic) bond motifs is 1. The van der Waals surface area contributed by atoms with Crippen LogP contribution in [0.25, 0.3) is 11.4 Å². The van der Waals surface area contributed by atoms with Crippen LogP contribution < -0.4 is 0 Å². The van der Waals surface area contributed by atoms with Crippen molar-refractivity contribution in [2.24, 2.45) is 5.92 Å². The molecule has 4 rings (SSSR count). The zero-order valence-electron chi connectivity index (χ0n) is 15.0. The quantitative estimate of drug-likeness (QED) is 0.678. The number of aromatic nitrogens is 5. The van der Waals surface area contributed by atoms with Crippen LogP contribution in [0, 0.1) is 18.3 Å². The molecule has 132 valence electrons. The molecule has 0 aliphatic heterocycles. The van der Waals surface area contributed by atoms with E-state index in [1.807, 2.05) is 28.9 Å². The van der Waals surface area contributed by atoms with Gasteiger partial charge in [-0.05, 0) is 43.0 Å². The zero-order valence-corrected chi connectivity index (χ0v) is 15.0. The first-order chi connectivity index (χ1) is 12.6. The number of hydrogen-bond acceptors (Lipinski definition) is 5. The first-order valence-corrected chi connectivity index (χ1v) is 8.96. The maximum absolute atomic E-state index is 5.58. The Labute approximate surface area is 152 Å². The summed E-state index contributed by atoms with van der Waals surface area (Å²) < 4.78 is 7.61. The van der Waals surface area contributed by atoms with Crippen molar-refractivity contribution in [2.45, 2.75) is 45.6 Å². The fourth-order valence-corrected chi connectivity index (χ4v) is 3.37. The maximum atomic E-state index is 5.58. The fraction of sp³-hybridized carbons (Fsp3) is 0.400. The van der Waals surface area contributed by atoms with Crippen molar-refractivity contribution < 1.29 is 4.52 Å². The van der Waals surface area contributed by atoms with Crippen molar-refractivity contribution in [3.05, 3.63) is 47.1 Å². The van der Waals surface area contributed by atoms with Gasteiger partial charge >= 0.3 is 0 Å². The molecule has 1 atom stereocenters. The molecule has 26 heavy (non-hydrogen) atoms. The highest BCUT2D eigenvalue weighted by molar-refractivity contribution is 5.56. The first-order valence-electron chi connectivity index (χ1n) is 8.96. The van der Waals surface area contributed by atoms with Gasteiger partial charge in [-0.3, -0.25) is 0 Å². The smallest absolute Gasteiger partial charge is 0.230 e. The number of nitrogens with zero attached hydrogens (tertiary/aromatic N) is 5. The molecule has 1 aliphatic rings. The Hall–Kier alpha value is -2.94. The summed E-state index contributed by atoms with van der Waals surface area (Å²) in [6.07, 6.45) is 8.09. The van der Waals surface area contributed by atoms with Crippen molar-refractivity contribution in [3.8, 4) is 23.7 Å². The second kappa shape index (κ2) is 6.75. The Morgan fingerprint density at radius 2 is 2.12 bits per heavy atom. The van der Waals surface area contributed by atoms with Crippen molar-refractivity contribution in [1.82, 2.24) is 25.1 Å². The minimum absolute atomic E-state index is 0.207. The minimum atomic E-state index is 0.207. The standard InChI is InChI=1S/C20H21N5O/c1-4-14-5-7-15(8-6-14)19-21-20(26-23-19)16-9-10-17-18(11-16)25(24-22-17)12-13(2)3/h1,5-8,13,16H,9-12H2,2-3H3. The molecule has 1 aliphatic carbocycles. The van der Waals surface area contributed by atoms with Crippen LogP contribution in [-0.4, -0.2) is 25.1 Å². The molecule has 0 saturated heterocycles. The van der Waals surface area contributed by atoms with Crippen molar-refractivity contribution in [2.75, 3.05) is 0 Å². The Kier molecular flexibility index (Phi) is 4.29. The highest BCUT2D eigenvalue weighted by atomic mass is 16.5. The maximum Gasteiger partial charge on any atom is 0.230 e. The van der Waals surface area contributed by atoms with E-state index in [1.165, 1.54) is 5.69 Å². The Bertz CT molecular complexity index is 945. The molecule has 1 aromatic carbocycles. The summed E-state index contributed by atoms with van der Waals surface area (Å²) in [5.41, 5.74) is 4.05. The molecular weight excluding hydrogens is 326 g/mol. The van der Waals surface area contributed by atoms with Crippen LogP contribution in [0.2, 0.25) is 0 Å². The van der Waals surface area contributed by atoms with E-state index in [9.17, 15) is 0 Å². The zero-order chi connectivity index (χ0) is 18.1. The molecule has 2 aromatic heterocycles. The van der Waals surface area contributed by atoms with Crippen LogP contribution >= 0.6 is 0 Å². The largest absolute Gasteiger partial charge is 0.339 e. The van der Waals surface area contributed by atoms with Gasteiger partial charge in [-0.25, -0.2) is 4.68 Å². The van der Waals surface area contributed by atoms with Gasteiger partial charge in [0.15, 0.2) is 0 Å². The molecule has 2 heterocycles. The summed E-state index contributed by atoms with van der Waals surface area (Å²) in [5, 5.41) is 12.8. The van der Waals surface area contributed by atoms with Crippen LogP contribution in [0.5, 0.6) is 0 Å². The predicted molar refractivity (Wildman–Crippen MR) is 97.3 cm³/mol. The molecule has 0 radical (unpaired) electrons. The van der Waals surface area contributed by atoms with Crippen molar-refractivity contribution in [3.63, 3.8) is 0 Å². The molecule has 0 amide bonds. The fourth-order valence-electron chi connectivity index (χ4n) is 3.37. The van der Waals surface area contributed by atoms with Crippen LogP contribution in [0.15, 0.2) is 28.8 Å². The number of aryl methyl sites for hydroxylation is 1. The van der Waals surface area contributed by atoms with Gasteiger partial charge in [0.1, 0.15) is 0 Å². The molecular formula is C20H21N5O. The number of benzene rings is 1. The average Bonchev–Trinajstić information content (AvgIpc) is 3.29. The Balaban J connectivity index is 1.55. The molecule has 0 N–H and O–H groups in total. The third kappa shape index (κ3) is 3.13. The second-order valence-corrected chi connectivity index (χ2v) is 7.18. The molecule has 6 nitrogen and oxygen atoms in total. The SMILES string of the molecule is C#Cc1ccc(-c2noc(C3CCc4nnn(CC(C)C)c4C3)n2)cc1. The van der Waals surface area contributed by atoms with Gasteiger partial charge in [-0.2, -0.15) is 4.98 Å². The summed E-state index contributed by atoms with van der Waals surface area (Å²) in [6, 6.07) is 7.61. The molecule has 0 bridgehead atoms. The van der Waals surface area contributed by atoms with Gasteiger partial charge < -0.3 is 4.52 Å². The van der Waals surface area contributed by atoms with Crippen LogP contribution in [0.4, 0.5) is 0 Å². The monoisotopic (exact) mass is 347 g/mol. The lowest BCUT2D eigenvalue weighted by Gasteiger charge is -2.19. The van der Waals surface area contributed by atoms with Crippen LogP contribution in [0.3, 0.4) is 0 Å². The lowest BCUT2D eigenvalue weighted by atomic mass is 9.89. The normalized spacial score (nSPS) is 16.5. The third-order valence-corrected chi connectivity index (χ3v) is 4.73. The predicted octanol–water partition coefficient (Wildman–Crippen LogP) is 3.24. The number of hydrogen-bond donors (Lipinski definition) is 0. The minimum Gasteiger partial charge on any atom is -0.339 e. The van der Waals surface area contributed by atoms with E-state index in [4.69, 9.17) is 10.9 Å². The summed E-state index contributed by atoms with van der Waals surface area (Å²) in [7, 11) is 0. The number of rotatable bonds is 4. The molecule has 0 saturated carbocycles. The van der Waals surface area contributed by atoms with Gasteiger partial charge in [0, 0.05) is 30.0 Å². The molecule has 0 spiro atoms. The lowest BCUT2D eigenvalue weighted by molar-refractivity contribution is 0.336. The van der Waals surface area contributed by atoms with Gasteiger partial charge in [-0.1, -0.05) is 30.1 Å². The second-order valence-electron chi connectivity index (χ2n) is 7.18. The third-order valence-electron chi connectivity index (χ3n) is 4.73. The molecule has 3 aromatic rings. The van der Waals surface area contributed by atoms with Gasteiger partial charge in [0.2, 0.25) is 11.7 Å². The van der Waals surface area contributed by atoms with Gasteiger partial charge in [-0.15, -0.1) is 11.5 Å². The number of terminal acetylenes is 1. The van der Waals surface area contributed by atoms with E-state index in [-0.39, 0.29) is 5.92 Å². The lowest BCUT2D eigenvalue weighted by Crippen LogP contribution is -2.18. The summed E-state index contributed by atoms with van der Waals surface area (Å²) in [4.78, 5) is 4.63. The van der Waals surface area contributed by atoms with E-state index in [1.54, 1.807) is 0 Å². The average molecular weight is 347 g/mol. The van der Waals surface area contributed by atoms with E-state index in [2.05, 4.69) is 40.2 Å². The molecule has 1 unspecified atom stereocenters. The van der Waals surface area contributed by atoms with Crippen LogP contribution in [-0.2, 0) is 19.4 Å². The summed E-state index contributed by atoms with van der Waals surface area (Å²) in [6.45, 7) is 5.25. The van der Waals surface area contributed by atoms with Gasteiger partial charge in [0.25, 0.3) is 0 Å². The topological polar surface area (TPSA) is 69.6 Å². The van der Waals surface area contributed by atoms with E-state index >= 15 is 0 Å². The van der Waals surface area contributed by atoms with E-state index in [0.29, 0.717) is 17.6 Å². The first kappa shape index (κ1) is 16.5. The van der Waals surface area contributed by atoms with E-state index in [0.717, 1.165) is 42.6 Å². The Morgan fingerprint density at radius 1 is 1.31 bits per heavy atom. The van der Waals surface area contributed by atoms with Crippen molar-refractivity contribution >= 4 is 0 Å². The van der Waals surface area contributed by atoms with Crippen molar-refractivity contribution in [1.29, 1.82) is 0 Å². The highest BCUT2D eigenvalue weighted by Gasteiger charge is 2.29. The highest BCUT2D eigenvalue weighted by Crippen LogP contribution is 2.32. The summed E-state index contributed by atoms with van der Waals surface area (Å²) in [5.74, 6) is 4.63. The Morgan fingerprint density at radius 3 is 2.85 bits per heavy atom. The van der Waals surface area contributed by atoms with Gasteiger partial charge in [0.05, 0.1) is 11.4 Å². The molecule has 0 fully saturated rings. The summed E-state index contributed by atoms with van der Waals surface area (Å²) >= 11 is 0.